The third-order valence-corrected chi connectivity index (χ3v) is 10.9. The molecule has 5 aliphatic heterocycles. The van der Waals surface area contributed by atoms with Crippen molar-refractivity contribution in [2.24, 2.45) is 11.8 Å². The number of aliphatic hydroxyl groups is 1. The maximum Gasteiger partial charge on any atom is 0.247 e. The first-order valence-electron chi connectivity index (χ1n) is 14.3. The summed E-state index contributed by atoms with van der Waals surface area (Å²) in [6.45, 7) is 7.55. The normalized spacial score (nSPS) is 34.1. The number of benzene rings is 1. The Morgan fingerprint density at radius 1 is 0.925 bits per heavy atom. The van der Waals surface area contributed by atoms with E-state index in [4.69, 9.17) is 4.74 Å². The van der Waals surface area contributed by atoms with E-state index >= 15 is 0 Å². The quantitative estimate of drug-likeness (QED) is 0.499. The molecule has 1 spiro atoms. The van der Waals surface area contributed by atoms with Crippen molar-refractivity contribution in [2.75, 3.05) is 70.5 Å². The summed E-state index contributed by atoms with van der Waals surface area (Å²) in [6, 6.07) is 8.85. The van der Waals surface area contributed by atoms with Crippen LogP contribution in [0.25, 0.3) is 0 Å². The number of carbonyl (C=O) groups excluding carboxylic acids is 3. The van der Waals surface area contributed by atoms with Crippen molar-refractivity contribution in [1.82, 2.24) is 14.7 Å². The van der Waals surface area contributed by atoms with E-state index in [9.17, 15) is 19.5 Å². The molecule has 10 heteroatoms. The molecule has 40 heavy (non-hydrogen) atoms. The number of nitrogens with zero attached hydrogens (tertiary/aromatic N) is 4. The second kappa shape index (κ2) is 11.0. The van der Waals surface area contributed by atoms with E-state index in [0.717, 1.165) is 25.3 Å². The van der Waals surface area contributed by atoms with Gasteiger partial charge in [-0.2, -0.15) is 0 Å². The van der Waals surface area contributed by atoms with E-state index in [1.165, 1.54) is 0 Å². The summed E-state index contributed by atoms with van der Waals surface area (Å²) in [5.41, 5.74) is 0.799. The van der Waals surface area contributed by atoms with Crippen molar-refractivity contribution in [1.29, 1.82) is 0 Å². The van der Waals surface area contributed by atoms with Crippen LogP contribution < -0.4 is 4.90 Å². The number of amides is 3. The van der Waals surface area contributed by atoms with E-state index in [0.29, 0.717) is 39.3 Å². The Kier molecular flexibility index (Phi) is 7.54. The first kappa shape index (κ1) is 27.5. The lowest BCUT2D eigenvalue weighted by Gasteiger charge is -2.37. The van der Waals surface area contributed by atoms with Gasteiger partial charge < -0.3 is 24.5 Å². The Bertz CT molecular complexity index is 1200. The van der Waals surface area contributed by atoms with Crippen LogP contribution in [0.5, 0.6) is 0 Å². The molecular formula is C30H38N4O5S. The molecule has 5 heterocycles. The van der Waals surface area contributed by atoms with Crippen molar-refractivity contribution in [3.63, 3.8) is 0 Å². The zero-order valence-corrected chi connectivity index (χ0v) is 23.8. The second-order valence-corrected chi connectivity index (χ2v) is 13.2. The standard InChI is InChI=1S/C30H38N4O5S/c1-29-10-5-13-33(22-8-3-2-4-9-22)26(36)23(29)24-27(37)34(14-7-19-35)25-28(38)32(12-6-11-30(24,25)40-29)16-15-31-17-20-39-21-18-31/h2-6,8-11,23-25,35H,7,12-21H2,1H3/t23-,24-,25?,29+,30-/m0/s1. The Labute approximate surface area is 239 Å². The maximum absolute atomic E-state index is 14.4. The van der Waals surface area contributed by atoms with Crippen LogP contribution >= 0.6 is 11.8 Å². The molecule has 5 aliphatic rings. The molecule has 0 aromatic heterocycles. The van der Waals surface area contributed by atoms with Crippen molar-refractivity contribution < 1.29 is 24.2 Å². The molecule has 1 unspecified atom stereocenters. The first-order chi connectivity index (χ1) is 19.4. The molecular weight excluding hydrogens is 528 g/mol. The van der Waals surface area contributed by atoms with Crippen molar-refractivity contribution >= 4 is 35.2 Å². The van der Waals surface area contributed by atoms with Crippen LogP contribution in [0.1, 0.15) is 13.3 Å². The average Bonchev–Trinajstić information content (AvgIpc) is 3.23. The number of aliphatic hydroxyl groups excluding tert-OH is 1. The Morgan fingerprint density at radius 3 is 2.42 bits per heavy atom. The van der Waals surface area contributed by atoms with Crippen LogP contribution in [-0.2, 0) is 19.1 Å². The summed E-state index contributed by atoms with van der Waals surface area (Å²) in [5, 5.41) is 9.64. The molecule has 3 saturated heterocycles. The van der Waals surface area contributed by atoms with E-state index in [2.05, 4.69) is 17.1 Å². The zero-order chi connectivity index (χ0) is 27.9. The fourth-order valence-corrected chi connectivity index (χ4v) is 9.33. The number of para-hydroxylation sites is 1. The van der Waals surface area contributed by atoms with Crippen molar-refractivity contribution in [3.8, 4) is 0 Å². The number of thioether (sulfide) groups is 1. The molecule has 0 aliphatic carbocycles. The number of carbonyl (C=O) groups is 3. The number of hydrogen-bond donors (Lipinski definition) is 1. The van der Waals surface area contributed by atoms with E-state index in [1.807, 2.05) is 54.3 Å². The smallest absolute Gasteiger partial charge is 0.247 e. The van der Waals surface area contributed by atoms with Gasteiger partial charge >= 0.3 is 0 Å². The lowest BCUT2D eigenvalue weighted by atomic mass is 9.74. The van der Waals surface area contributed by atoms with E-state index < -0.39 is 27.4 Å². The van der Waals surface area contributed by atoms with Crippen LogP contribution in [0.4, 0.5) is 5.69 Å². The molecule has 0 bridgehead atoms. The number of fused-ring (bicyclic) bond motifs is 2. The predicted molar refractivity (Wildman–Crippen MR) is 154 cm³/mol. The number of rotatable bonds is 7. The minimum Gasteiger partial charge on any atom is -0.396 e. The van der Waals surface area contributed by atoms with E-state index in [-0.39, 0.29) is 30.9 Å². The van der Waals surface area contributed by atoms with Gasteiger partial charge in [0.15, 0.2) is 0 Å². The van der Waals surface area contributed by atoms with Gasteiger partial charge in [0.25, 0.3) is 0 Å². The van der Waals surface area contributed by atoms with Crippen LogP contribution in [0.3, 0.4) is 0 Å². The molecule has 3 amide bonds. The molecule has 0 saturated carbocycles. The SMILES string of the molecule is C[C@@]12C=CCN(c3ccccc3)C(=O)[C@@H]1[C@H]1C(=O)N(CCCO)C3C(=O)N(CCN4CCOCC4)CC=C[C@@]31S2. The Hall–Kier alpha value is -2.66. The summed E-state index contributed by atoms with van der Waals surface area (Å²) >= 11 is 1.60. The van der Waals surface area contributed by atoms with Gasteiger partial charge in [-0.3, -0.25) is 19.3 Å². The second-order valence-electron chi connectivity index (χ2n) is 11.4. The molecule has 1 aromatic carbocycles. The van der Waals surface area contributed by atoms with Crippen LogP contribution in [-0.4, -0.2) is 119 Å². The summed E-state index contributed by atoms with van der Waals surface area (Å²) in [7, 11) is 0. The first-order valence-corrected chi connectivity index (χ1v) is 15.1. The highest BCUT2D eigenvalue weighted by Crippen LogP contribution is 2.65. The third-order valence-electron chi connectivity index (χ3n) is 9.06. The molecule has 9 nitrogen and oxygen atoms in total. The molecule has 1 N–H and O–H groups in total. The lowest BCUT2D eigenvalue weighted by Crippen LogP contribution is -2.54. The van der Waals surface area contributed by atoms with Gasteiger partial charge in [0.05, 0.1) is 29.8 Å². The van der Waals surface area contributed by atoms with Gasteiger partial charge in [0, 0.05) is 62.9 Å². The highest BCUT2D eigenvalue weighted by Gasteiger charge is 2.73. The van der Waals surface area contributed by atoms with Gasteiger partial charge in [-0.25, -0.2) is 0 Å². The Morgan fingerprint density at radius 2 is 1.68 bits per heavy atom. The highest BCUT2D eigenvalue weighted by molar-refractivity contribution is 8.02. The average molecular weight is 567 g/mol. The molecule has 214 valence electrons. The maximum atomic E-state index is 14.4. The van der Waals surface area contributed by atoms with Gasteiger partial charge in [-0.15, -0.1) is 11.8 Å². The van der Waals surface area contributed by atoms with Crippen LogP contribution in [0, 0.1) is 11.8 Å². The number of anilines is 1. The van der Waals surface area contributed by atoms with Crippen LogP contribution in [0.2, 0.25) is 0 Å². The molecule has 6 rings (SSSR count). The van der Waals surface area contributed by atoms with Crippen molar-refractivity contribution in [2.45, 2.75) is 28.9 Å². The molecule has 3 fully saturated rings. The third kappa shape index (κ3) is 4.49. The lowest BCUT2D eigenvalue weighted by molar-refractivity contribution is -0.143. The molecule has 1 aromatic rings. The number of likely N-dealkylation sites (tertiary alicyclic amines) is 1. The van der Waals surface area contributed by atoms with Gasteiger partial charge in [0.1, 0.15) is 6.04 Å². The van der Waals surface area contributed by atoms with E-state index in [1.54, 1.807) is 21.6 Å². The highest BCUT2D eigenvalue weighted by atomic mass is 32.2. The van der Waals surface area contributed by atoms with Crippen LogP contribution in [0.15, 0.2) is 54.6 Å². The number of morpholine rings is 1. The fraction of sp³-hybridized carbons (Fsp3) is 0.567. The largest absolute Gasteiger partial charge is 0.396 e. The molecule has 0 radical (unpaired) electrons. The summed E-state index contributed by atoms with van der Waals surface area (Å²) in [5.74, 6) is -1.62. The number of hydrogen-bond acceptors (Lipinski definition) is 7. The Balaban J connectivity index is 1.36. The number of ether oxygens (including phenoxy) is 1. The van der Waals surface area contributed by atoms with Gasteiger partial charge in [-0.05, 0) is 25.5 Å². The topological polar surface area (TPSA) is 93.6 Å². The minimum absolute atomic E-state index is 0.0727. The summed E-state index contributed by atoms with van der Waals surface area (Å²) in [6.07, 6.45) is 8.57. The monoisotopic (exact) mass is 566 g/mol. The summed E-state index contributed by atoms with van der Waals surface area (Å²) < 4.78 is 3.96. The molecule has 5 atom stereocenters. The van der Waals surface area contributed by atoms with Gasteiger partial charge in [-0.1, -0.05) is 42.5 Å². The minimum atomic E-state index is -0.865. The van der Waals surface area contributed by atoms with Crippen molar-refractivity contribution in [3.05, 3.63) is 54.6 Å². The van der Waals surface area contributed by atoms with Gasteiger partial charge in [0.2, 0.25) is 17.7 Å². The summed E-state index contributed by atoms with van der Waals surface area (Å²) in [4.78, 5) is 50.6. The predicted octanol–water partition coefficient (Wildman–Crippen LogP) is 1.39. The zero-order valence-electron chi connectivity index (χ0n) is 23.0. The fourth-order valence-electron chi connectivity index (χ4n) is 7.18.